The van der Waals surface area contributed by atoms with Crippen LogP contribution in [-0.4, -0.2) is 17.5 Å². The van der Waals surface area contributed by atoms with E-state index >= 15 is 0 Å². The molecule has 0 spiro atoms. The first-order valence-corrected chi connectivity index (χ1v) is 6.54. The van der Waals surface area contributed by atoms with E-state index in [1.807, 2.05) is 0 Å². The van der Waals surface area contributed by atoms with Gasteiger partial charge in [-0.25, -0.2) is 0 Å². The first-order valence-electron chi connectivity index (χ1n) is 6.54. The molecule has 0 aliphatic heterocycles. The summed E-state index contributed by atoms with van der Waals surface area (Å²) >= 11 is 0. The number of unbranched alkanes of at least 4 members (excludes halogenated alkanes) is 1. The zero-order valence-electron chi connectivity index (χ0n) is 11.4. The summed E-state index contributed by atoms with van der Waals surface area (Å²) in [5, 5.41) is 11.2. The van der Waals surface area contributed by atoms with E-state index in [4.69, 9.17) is 15.7 Å². The van der Waals surface area contributed by atoms with Gasteiger partial charge in [0.05, 0.1) is 12.7 Å². The van der Waals surface area contributed by atoms with Crippen molar-refractivity contribution < 1.29 is 9.53 Å². The third kappa shape index (κ3) is 4.28. The van der Waals surface area contributed by atoms with E-state index in [1.54, 1.807) is 36.5 Å². The lowest BCUT2D eigenvalue weighted by atomic mass is 10.3. The summed E-state index contributed by atoms with van der Waals surface area (Å²) in [7, 11) is 0. The average molecular weight is 284 g/mol. The maximum Gasteiger partial charge on any atom is 0.272 e. The summed E-state index contributed by atoms with van der Waals surface area (Å²) in [4.78, 5) is 14.8. The molecule has 6 heteroatoms. The van der Waals surface area contributed by atoms with Crippen LogP contribution in [0.15, 0.2) is 36.5 Å². The summed E-state index contributed by atoms with van der Waals surface area (Å²) in [5.41, 5.74) is 7.09. The molecule has 0 saturated carbocycles. The molecule has 1 heterocycles. The van der Waals surface area contributed by atoms with Crippen LogP contribution in [0.2, 0.25) is 0 Å². The van der Waals surface area contributed by atoms with Crippen molar-refractivity contribution in [2.45, 2.75) is 12.8 Å². The van der Waals surface area contributed by atoms with Gasteiger partial charge in [-0.1, -0.05) is 6.07 Å². The minimum absolute atomic E-state index is 0.270. The van der Waals surface area contributed by atoms with Crippen LogP contribution in [-0.2, 0) is 0 Å². The summed E-state index contributed by atoms with van der Waals surface area (Å²) in [6.07, 6.45) is 2.70. The Kier molecular flexibility index (Phi) is 4.83. The Hall–Kier alpha value is -2.94. The molecule has 1 amide bonds. The van der Waals surface area contributed by atoms with Crippen molar-refractivity contribution in [3.05, 3.63) is 42.2 Å². The number of hydrogen-bond acceptors (Lipinski definition) is 4. The van der Waals surface area contributed by atoms with Gasteiger partial charge in [0.15, 0.2) is 0 Å². The van der Waals surface area contributed by atoms with E-state index in [0.29, 0.717) is 42.3 Å². The first-order chi connectivity index (χ1) is 10.2. The van der Waals surface area contributed by atoms with E-state index < -0.39 is 0 Å². The van der Waals surface area contributed by atoms with Gasteiger partial charge < -0.3 is 20.8 Å². The maximum absolute atomic E-state index is 12.0. The number of rotatable bonds is 6. The van der Waals surface area contributed by atoms with E-state index in [0.717, 1.165) is 0 Å². The zero-order chi connectivity index (χ0) is 15.1. The van der Waals surface area contributed by atoms with Gasteiger partial charge in [0.2, 0.25) is 0 Å². The van der Waals surface area contributed by atoms with Crippen molar-refractivity contribution in [2.24, 2.45) is 0 Å². The highest BCUT2D eigenvalue weighted by atomic mass is 16.5. The van der Waals surface area contributed by atoms with Gasteiger partial charge in [0.25, 0.3) is 5.91 Å². The van der Waals surface area contributed by atoms with Crippen molar-refractivity contribution in [1.82, 2.24) is 4.98 Å². The van der Waals surface area contributed by atoms with Crippen LogP contribution in [0.4, 0.5) is 11.4 Å². The number of aromatic amines is 1. The Morgan fingerprint density at radius 1 is 1.43 bits per heavy atom. The number of carbonyl (C=O) groups excluding carboxylic acids is 1. The molecule has 0 saturated heterocycles. The maximum atomic E-state index is 12.0. The molecule has 0 atom stereocenters. The Labute approximate surface area is 122 Å². The van der Waals surface area contributed by atoms with E-state index in [9.17, 15) is 4.79 Å². The lowest BCUT2D eigenvalue weighted by Gasteiger charge is -2.08. The van der Waals surface area contributed by atoms with Gasteiger partial charge in [-0.2, -0.15) is 5.26 Å². The van der Waals surface area contributed by atoms with Crippen molar-refractivity contribution in [3.8, 4) is 11.8 Å². The van der Waals surface area contributed by atoms with Crippen molar-refractivity contribution >= 4 is 17.3 Å². The molecule has 2 aromatic rings. The largest absolute Gasteiger partial charge is 0.493 e. The molecule has 0 fully saturated rings. The number of ether oxygens (including phenoxy) is 1. The van der Waals surface area contributed by atoms with Crippen LogP contribution in [0, 0.1) is 11.3 Å². The third-order valence-electron chi connectivity index (χ3n) is 2.74. The molecule has 21 heavy (non-hydrogen) atoms. The number of nitrogen functional groups attached to an aromatic ring is 1. The van der Waals surface area contributed by atoms with Gasteiger partial charge >= 0.3 is 0 Å². The smallest absolute Gasteiger partial charge is 0.272 e. The number of amides is 1. The standard InChI is InChI=1S/C15H16N4O2/c16-6-1-2-7-21-13-5-3-4-12(9-13)19-15(20)14-8-11(17)10-18-14/h3-5,8-10,18H,1-2,7,17H2,(H,19,20). The molecule has 4 N–H and O–H groups in total. The molecule has 0 unspecified atom stereocenters. The molecule has 0 radical (unpaired) electrons. The normalized spacial score (nSPS) is 9.86. The highest BCUT2D eigenvalue weighted by molar-refractivity contribution is 6.03. The fraction of sp³-hybridized carbons (Fsp3) is 0.200. The van der Waals surface area contributed by atoms with Crippen LogP contribution in [0.25, 0.3) is 0 Å². The van der Waals surface area contributed by atoms with Crippen LogP contribution >= 0.6 is 0 Å². The lowest BCUT2D eigenvalue weighted by molar-refractivity contribution is 0.102. The topological polar surface area (TPSA) is 104 Å². The molecule has 1 aromatic heterocycles. The number of anilines is 2. The number of nitriles is 1. The second-order valence-corrected chi connectivity index (χ2v) is 4.44. The van der Waals surface area contributed by atoms with Crippen LogP contribution in [0.1, 0.15) is 23.3 Å². The van der Waals surface area contributed by atoms with Crippen molar-refractivity contribution in [1.29, 1.82) is 5.26 Å². The predicted octanol–water partition coefficient (Wildman–Crippen LogP) is 2.53. The molecular formula is C15H16N4O2. The van der Waals surface area contributed by atoms with Gasteiger partial charge in [0.1, 0.15) is 11.4 Å². The number of nitrogens with two attached hydrogens (primary N) is 1. The summed E-state index contributed by atoms with van der Waals surface area (Å²) in [6.45, 7) is 0.470. The fourth-order valence-electron chi connectivity index (χ4n) is 1.75. The monoisotopic (exact) mass is 284 g/mol. The average Bonchev–Trinajstić information content (AvgIpc) is 2.91. The van der Waals surface area contributed by atoms with Crippen molar-refractivity contribution in [2.75, 3.05) is 17.7 Å². The first kappa shape index (κ1) is 14.5. The molecule has 0 aliphatic carbocycles. The van der Waals surface area contributed by atoms with E-state index in [2.05, 4.69) is 16.4 Å². The quantitative estimate of drug-likeness (QED) is 0.709. The van der Waals surface area contributed by atoms with Crippen LogP contribution in [0.5, 0.6) is 5.75 Å². The fourth-order valence-corrected chi connectivity index (χ4v) is 1.75. The highest BCUT2D eigenvalue weighted by Gasteiger charge is 2.08. The van der Waals surface area contributed by atoms with Crippen LogP contribution in [0.3, 0.4) is 0 Å². The third-order valence-corrected chi connectivity index (χ3v) is 2.74. The Balaban J connectivity index is 1.94. The van der Waals surface area contributed by atoms with Crippen molar-refractivity contribution in [3.63, 3.8) is 0 Å². The Morgan fingerprint density at radius 3 is 3.00 bits per heavy atom. The number of nitrogens with zero attached hydrogens (tertiary/aromatic N) is 1. The summed E-state index contributed by atoms with van der Waals surface area (Å²) in [5.74, 6) is 0.380. The van der Waals surface area contributed by atoms with E-state index in [-0.39, 0.29) is 5.91 Å². The molecule has 1 aromatic carbocycles. The van der Waals surface area contributed by atoms with Gasteiger partial charge in [-0.3, -0.25) is 4.79 Å². The van der Waals surface area contributed by atoms with Gasteiger partial charge in [0, 0.05) is 30.1 Å². The Bertz CT molecular complexity index is 658. The molecule has 0 bridgehead atoms. The number of aromatic nitrogens is 1. The second kappa shape index (κ2) is 7.01. The summed E-state index contributed by atoms with van der Waals surface area (Å²) < 4.78 is 5.51. The highest BCUT2D eigenvalue weighted by Crippen LogP contribution is 2.18. The zero-order valence-corrected chi connectivity index (χ0v) is 11.4. The minimum atomic E-state index is -0.270. The number of hydrogen-bond donors (Lipinski definition) is 3. The minimum Gasteiger partial charge on any atom is -0.493 e. The molecule has 2 rings (SSSR count). The number of H-pyrrole nitrogens is 1. The number of nitrogens with one attached hydrogen (secondary N) is 2. The lowest BCUT2D eigenvalue weighted by Crippen LogP contribution is -2.12. The van der Waals surface area contributed by atoms with Gasteiger partial charge in [-0.05, 0) is 24.6 Å². The molecule has 0 aliphatic rings. The SMILES string of the molecule is N#CCCCOc1cccc(NC(=O)c2cc(N)c[nH]2)c1. The van der Waals surface area contributed by atoms with Crippen LogP contribution < -0.4 is 15.8 Å². The molecular weight excluding hydrogens is 268 g/mol. The summed E-state index contributed by atoms with van der Waals surface area (Å²) in [6, 6.07) is 10.7. The predicted molar refractivity (Wildman–Crippen MR) is 79.9 cm³/mol. The van der Waals surface area contributed by atoms with Gasteiger partial charge in [-0.15, -0.1) is 0 Å². The molecule has 6 nitrogen and oxygen atoms in total. The number of benzene rings is 1. The molecule has 108 valence electrons. The number of carbonyl (C=O) groups is 1. The Morgan fingerprint density at radius 2 is 2.29 bits per heavy atom. The van der Waals surface area contributed by atoms with E-state index in [1.165, 1.54) is 0 Å². The second-order valence-electron chi connectivity index (χ2n) is 4.44.